The zero-order valence-electron chi connectivity index (χ0n) is 11.2. The van der Waals surface area contributed by atoms with Gasteiger partial charge >= 0.3 is 0 Å². The molecule has 20 heavy (non-hydrogen) atoms. The predicted octanol–water partition coefficient (Wildman–Crippen LogP) is 2.60. The maximum absolute atomic E-state index is 12.0. The number of piperazine rings is 1. The second-order valence-corrected chi connectivity index (χ2v) is 5.54. The first kappa shape index (κ1) is 17.5. The molecular weight excluding hydrogens is 321 g/mol. The smallest absolute Gasteiger partial charge is 0.238 e. The van der Waals surface area contributed by atoms with Crippen LogP contribution in [0, 0.1) is 0 Å². The second kappa shape index (κ2) is 8.05. The summed E-state index contributed by atoms with van der Waals surface area (Å²) in [5, 5.41) is 3.69. The number of hydrogen-bond acceptors (Lipinski definition) is 3. The highest BCUT2D eigenvalue weighted by molar-refractivity contribution is 6.39. The molecule has 1 heterocycles. The van der Waals surface area contributed by atoms with Crippen molar-refractivity contribution in [2.24, 2.45) is 0 Å². The van der Waals surface area contributed by atoms with E-state index in [0.717, 1.165) is 26.2 Å². The van der Waals surface area contributed by atoms with Crippen LogP contribution in [0.4, 0.5) is 5.69 Å². The van der Waals surface area contributed by atoms with Gasteiger partial charge in [0.2, 0.25) is 5.91 Å². The number of carbonyl (C=O) groups excluding carboxylic acids is 1. The monoisotopic (exact) mass is 337 g/mol. The summed E-state index contributed by atoms with van der Waals surface area (Å²) >= 11 is 12.0. The third kappa shape index (κ3) is 4.79. The molecule has 0 aromatic heterocycles. The molecule has 1 N–H and O–H groups in total. The summed E-state index contributed by atoms with van der Waals surface area (Å²) in [4.78, 5) is 16.4. The number of nitrogens with zero attached hydrogens (tertiary/aromatic N) is 2. The number of carbonyl (C=O) groups is 1. The lowest BCUT2D eigenvalue weighted by Crippen LogP contribution is -2.47. The molecular formula is C13H18Cl3N3O. The van der Waals surface area contributed by atoms with E-state index < -0.39 is 0 Å². The Morgan fingerprint density at radius 2 is 1.75 bits per heavy atom. The quantitative estimate of drug-likeness (QED) is 0.920. The van der Waals surface area contributed by atoms with Gasteiger partial charge in [-0.1, -0.05) is 29.3 Å². The maximum atomic E-state index is 12.0. The van der Waals surface area contributed by atoms with Crippen molar-refractivity contribution in [3.8, 4) is 0 Å². The van der Waals surface area contributed by atoms with Crippen LogP contribution >= 0.6 is 35.6 Å². The van der Waals surface area contributed by atoms with Crippen LogP contribution in [-0.4, -0.2) is 55.5 Å². The van der Waals surface area contributed by atoms with Crippen molar-refractivity contribution < 1.29 is 4.79 Å². The molecule has 1 amide bonds. The molecule has 0 saturated carbocycles. The van der Waals surface area contributed by atoms with Gasteiger partial charge < -0.3 is 10.2 Å². The van der Waals surface area contributed by atoms with Gasteiger partial charge in [0.1, 0.15) is 0 Å². The Labute approximate surface area is 135 Å². The third-order valence-corrected chi connectivity index (χ3v) is 3.82. The zero-order chi connectivity index (χ0) is 13.8. The molecule has 1 aliphatic rings. The van der Waals surface area contributed by atoms with Crippen molar-refractivity contribution >= 4 is 47.2 Å². The largest absolute Gasteiger partial charge is 0.322 e. The average Bonchev–Trinajstić information content (AvgIpc) is 2.37. The molecule has 1 aromatic rings. The zero-order valence-corrected chi connectivity index (χ0v) is 13.6. The van der Waals surface area contributed by atoms with Gasteiger partial charge in [-0.05, 0) is 19.2 Å². The normalized spacial score (nSPS) is 16.6. The van der Waals surface area contributed by atoms with Crippen LogP contribution in [0.25, 0.3) is 0 Å². The van der Waals surface area contributed by atoms with E-state index >= 15 is 0 Å². The lowest BCUT2D eigenvalue weighted by Gasteiger charge is -2.31. The first-order valence-corrected chi connectivity index (χ1v) is 6.96. The SMILES string of the molecule is CN1CCN(CC(=O)Nc2c(Cl)cccc2Cl)CC1.Cl. The molecule has 0 atom stereocenters. The molecule has 1 fully saturated rings. The number of para-hydroxylation sites is 1. The number of likely N-dealkylation sites (N-methyl/N-ethyl adjacent to an activating group) is 1. The van der Waals surface area contributed by atoms with Gasteiger partial charge in [0.25, 0.3) is 0 Å². The van der Waals surface area contributed by atoms with E-state index in [1.54, 1.807) is 18.2 Å². The van der Waals surface area contributed by atoms with Crippen LogP contribution in [0.5, 0.6) is 0 Å². The summed E-state index contributed by atoms with van der Waals surface area (Å²) in [6.45, 7) is 4.15. The van der Waals surface area contributed by atoms with Crippen molar-refractivity contribution in [2.45, 2.75) is 0 Å². The number of nitrogens with one attached hydrogen (secondary N) is 1. The van der Waals surface area contributed by atoms with Crippen molar-refractivity contribution in [1.29, 1.82) is 0 Å². The van der Waals surface area contributed by atoms with E-state index in [2.05, 4.69) is 22.2 Å². The fraction of sp³-hybridized carbons (Fsp3) is 0.462. The van der Waals surface area contributed by atoms with Crippen molar-refractivity contribution in [1.82, 2.24) is 9.80 Å². The summed E-state index contributed by atoms with van der Waals surface area (Å²) in [6, 6.07) is 5.17. The molecule has 7 heteroatoms. The van der Waals surface area contributed by atoms with Crippen LogP contribution in [-0.2, 0) is 4.79 Å². The van der Waals surface area contributed by atoms with E-state index in [-0.39, 0.29) is 18.3 Å². The van der Waals surface area contributed by atoms with Crippen molar-refractivity contribution in [2.75, 3.05) is 45.1 Å². The van der Waals surface area contributed by atoms with Crippen LogP contribution in [0.1, 0.15) is 0 Å². The van der Waals surface area contributed by atoms with Gasteiger partial charge in [0.05, 0.1) is 22.3 Å². The number of amides is 1. The number of halogens is 3. The molecule has 0 spiro atoms. The molecule has 2 rings (SSSR count). The molecule has 0 unspecified atom stereocenters. The van der Waals surface area contributed by atoms with Crippen LogP contribution < -0.4 is 5.32 Å². The molecule has 0 radical (unpaired) electrons. The Morgan fingerprint density at radius 3 is 2.30 bits per heavy atom. The predicted molar refractivity (Wildman–Crippen MR) is 86.3 cm³/mol. The summed E-state index contributed by atoms with van der Waals surface area (Å²) < 4.78 is 0. The number of hydrogen-bond donors (Lipinski definition) is 1. The molecule has 1 saturated heterocycles. The van der Waals surface area contributed by atoms with Gasteiger partial charge in [-0.25, -0.2) is 0 Å². The summed E-state index contributed by atoms with van der Waals surface area (Å²) in [5.74, 6) is -0.0837. The van der Waals surface area contributed by atoms with Crippen LogP contribution in [0.3, 0.4) is 0 Å². The van der Waals surface area contributed by atoms with Gasteiger partial charge in [0, 0.05) is 26.2 Å². The summed E-state index contributed by atoms with van der Waals surface area (Å²) in [5.41, 5.74) is 0.491. The van der Waals surface area contributed by atoms with E-state index in [4.69, 9.17) is 23.2 Å². The number of rotatable bonds is 3. The van der Waals surface area contributed by atoms with E-state index in [0.29, 0.717) is 22.3 Å². The van der Waals surface area contributed by atoms with Crippen LogP contribution in [0.15, 0.2) is 18.2 Å². The van der Waals surface area contributed by atoms with Gasteiger partial charge in [-0.15, -0.1) is 12.4 Å². The van der Waals surface area contributed by atoms with Crippen molar-refractivity contribution in [3.63, 3.8) is 0 Å². The van der Waals surface area contributed by atoms with Crippen molar-refractivity contribution in [3.05, 3.63) is 28.2 Å². The minimum Gasteiger partial charge on any atom is -0.322 e. The van der Waals surface area contributed by atoms with Crippen LogP contribution in [0.2, 0.25) is 10.0 Å². The summed E-state index contributed by atoms with van der Waals surface area (Å²) in [7, 11) is 2.08. The fourth-order valence-corrected chi connectivity index (χ4v) is 2.50. The fourth-order valence-electron chi connectivity index (χ4n) is 2.01. The Balaban J connectivity index is 0.00000200. The topological polar surface area (TPSA) is 35.6 Å². The average molecular weight is 339 g/mol. The Morgan fingerprint density at radius 1 is 1.20 bits per heavy atom. The molecule has 1 aliphatic heterocycles. The standard InChI is InChI=1S/C13H17Cl2N3O.ClH/c1-17-5-7-18(8-6-17)9-12(19)16-13-10(14)3-2-4-11(13)15;/h2-4H,5-9H2,1H3,(H,16,19);1H. The van der Waals surface area contributed by atoms with Gasteiger partial charge in [0.15, 0.2) is 0 Å². The summed E-state index contributed by atoms with van der Waals surface area (Å²) in [6.07, 6.45) is 0. The Bertz CT molecular complexity index is 442. The second-order valence-electron chi connectivity index (χ2n) is 4.72. The molecule has 0 aliphatic carbocycles. The van der Waals surface area contributed by atoms with Gasteiger partial charge in [-0.2, -0.15) is 0 Å². The Hall–Kier alpha value is -0.520. The highest BCUT2D eigenvalue weighted by atomic mass is 35.5. The minimum atomic E-state index is -0.0837. The maximum Gasteiger partial charge on any atom is 0.238 e. The Kier molecular flexibility index (Phi) is 7.06. The molecule has 112 valence electrons. The molecule has 0 bridgehead atoms. The molecule has 1 aromatic carbocycles. The first-order valence-electron chi connectivity index (χ1n) is 6.21. The third-order valence-electron chi connectivity index (χ3n) is 3.19. The van der Waals surface area contributed by atoms with E-state index in [1.807, 2.05) is 0 Å². The lowest BCUT2D eigenvalue weighted by atomic mass is 10.3. The van der Waals surface area contributed by atoms with Gasteiger partial charge in [-0.3, -0.25) is 9.69 Å². The van der Waals surface area contributed by atoms with E-state index in [1.165, 1.54) is 0 Å². The lowest BCUT2D eigenvalue weighted by molar-refractivity contribution is -0.117. The number of benzene rings is 1. The molecule has 4 nitrogen and oxygen atoms in total. The highest BCUT2D eigenvalue weighted by Crippen LogP contribution is 2.29. The van der Waals surface area contributed by atoms with E-state index in [9.17, 15) is 4.79 Å². The highest BCUT2D eigenvalue weighted by Gasteiger charge is 2.17. The number of anilines is 1. The first-order chi connectivity index (χ1) is 9.06. The minimum absolute atomic E-state index is 0.